The molecule has 0 saturated heterocycles. The highest BCUT2D eigenvalue weighted by Crippen LogP contribution is 2.79. The fraction of sp³-hybridized carbons (Fsp3) is 0.679. The lowest BCUT2D eigenvalue weighted by atomic mass is 9.42. The van der Waals surface area contributed by atoms with Gasteiger partial charge in [0.25, 0.3) is 0 Å². The maximum absolute atomic E-state index is 14.8. The van der Waals surface area contributed by atoms with Crippen molar-refractivity contribution in [2.45, 2.75) is 99.3 Å². The van der Waals surface area contributed by atoms with E-state index in [4.69, 9.17) is 9.16 Å². The minimum Gasteiger partial charge on any atom is -0.468 e. The van der Waals surface area contributed by atoms with Crippen LogP contribution < -0.4 is 0 Å². The molecule has 0 amide bonds. The molecule has 0 radical (unpaired) electrons. The van der Waals surface area contributed by atoms with Crippen LogP contribution in [0.1, 0.15) is 59.8 Å². The Balaban J connectivity index is 2.03. The van der Waals surface area contributed by atoms with Crippen LogP contribution in [0.4, 0.5) is 0 Å². The first kappa shape index (κ1) is 27.5. The zero-order chi connectivity index (χ0) is 26.4. The number of ether oxygens (including phenoxy) is 1. The summed E-state index contributed by atoms with van der Waals surface area (Å²) in [5.41, 5.74) is -2.32. The lowest BCUT2D eigenvalue weighted by molar-refractivity contribution is -0.213. The van der Waals surface area contributed by atoms with Crippen LogP contribution in [0.2, 0.25) is 18.1 Å². The van der Waals surface area contributed by atoms with Crippen LogP contribution in [-0.2, 0) is 23.8 Å². The molecule has 3 aliphatic rings. The molecule has 8 heteroatoms. The molecule has 6 atom stereocenters. The van der Waals surface area contributed by atoms with E-state index in [9.17, 15) is 18.3 Å². The largest absolute Gasteiger partial charge is 0.468 e. The van der Waals surface area contributed by atoms with Gasteiger partial charge in [-0.25, -0.2) is 8.42 Å². The van der Waals surface area contributed by atoms with Crippen molar-refractivity contribution < 1.29 is 27.5 Å². The van der Waals surface area contributed by atoms with Gasteiger partial charge in [0.15, 0.2) is 22.9 Å². The Morgan fingerprint density at radius 3 is 2.31 bits per heavy atom. The van der Waals surface area contributed by atoms with E-state index in [0.29, 0.717) is 12.8 Å². The van der Waals surface area contributed by atoms with Gasteiger partial charge >= 0.3 is 5.97 Å². The maximum atomic E-state index is 14.8. The third-order valence-corrected chi connectivity index (χ3v) is 17.1. The van der Waals surface area contributed by atoms with Crippen molar-refractivity contribution in [3.05, 3.63) is 42.5 Å². The molecule has 2 fully saturated rings. The Hall–Kier alpha value is -1.48. The van der Waals surface area contributed by atoms with Gasteiger partial charge < -0.3 is 14.3 Å². The lowest BCUT2D eigenvalue weighted by Gasteiger charge is -2.68. The molecule has 6 nitrogen and oxygen atoms in total. The SMILES string of the molecule is CCCC[C@@H]1[C@H]2CC[C@]3(O[Si](CC)(CC)CC)C=C[C@@H](O)[C@]23[C@@]1(C(=O)OC)S(=O)(=O)c1ccccc1. The Morgan fingerprint density at radius 2 is 1.75 bits per heavy atom. The van der Waals surface area contributed by atoms with Crippen LogP contribution in [0.25, 0.3) is 0 Å². The summed E-state index contributed by atoms with van der Waals surface area (Å²) < 4.78 is 40.2. The van der Waals surface area contributed by atoms with Crippen molar-refractivity contribution >= 4 is 24.1 Å². The minimum atomic E-state index is -4.26. The van der Waals surface area contributed by atoms with Crippen LogP contribution in [0, 0.1) is 17.3 Å². The monoisotopic (exact) mass is 534 g/mol. The number of methoxy groups -OCH3 is 1. The van der Waals surface area contributed by atoms with Crippen LogP contribution in [0.3, 0.4) is 0 Å². The molecule has 1 spiro atoms. The molecular formula is C28H42O6SSi. The van der Waals surface area contributed by atoms with Crippen molar-refractivity contribution in [3.8, 4) is 0 Å². The van der Waals surface area contributed by atoms with Crippen molar-refractivity contribution in [2.24, 2.45) is 17.3 Å². The number of hydrogen-bond donors (Lipinski definition) is 1. The molecule has 1 aromatic rings. The zero-order valence-electron chi connectivity index (χ0n) is 22.3. The first-order chi connectivity index (χ1) is 17.1. The van der Waals surface area contributed by atoms with Crippen molar-refractivity contribution in [1.29, 1.82) is 0 Å². The zero-order valence-corrected chi connectivity index (χ0v) is 24.1. The molecule has 0 aliphatic heterocycles. The second-order valence-electron chi connectivity index (χ2n) is 10.8. The van der Waals surface area contributed by atoms with Gasteiger partial charge in [0, 0.05) is 0 Å². The highest BCUT2D eigenvalue weighted by Gasteiger charge is 2.91. The number of esters is 1. The molecule has 2 saturated carbocycles. The fourth-order valence-electron chi connectivity index (χ4n) is 8.17. The predicted molar refractivity (Wildman–Crippen MR) is 143 cm³/mol. The van der Waals surface area contributed by atoms with Crippen molar-refractivity contribution in [3.63, 3.8) is 0 Å². The average Bonchev–Trinajstić information content (AvgIpc) is 3.34. The Labute approximate surface area is 217 Å². The molecule has 0 heterocycles. The number of benzene rings is 1. The van der Waals surface area contributed by atoms with E-state index in [1.54, 1.807) is 36.4 Å². The Kier molecular flexibility index (Phi) is 7.41. The number of aliphatic hydroxyl groups is 1. The van der Waals surface area contributed by atoms with Crippen LogP contribution in [0.5, 0.6) is 0 Å². The predicted octanol–water partition coefficient (Wildman–Crippen LogP) is 5.28. The summed E-state index contributed by atoms with van der Waals surface area (Å²) in [5, 5.41) is 11.8. The summed E-state index contributed by atoms with van der Waals surface area (Å²) >= 11 is 0. The number of carbonyl (C=O) groups is 1. The summed E-state index contributed by atoms with van der Waals surface area (Å²) in [6.07, 6.45) is 6.10. The van der Waals surface area contributed by atoms with Crippen LogP contribution >= 0.6 is 0 Å². The van der Waals surface area contributed by atoms with E-state index in [-0.39, 0.29) is 10.8 Å². The highest BCUT2D eigenvalue weighted by atomic mass is 32.2. The number of rotatable bonds is 11. The van der Waals surface area contributed by atoms with E-state index in [0.717, 1.165) is 37.4 Å². The number of unbranched alkanes of at least 4 members (excludes halogenated alkanes) is 1. The molecule has 1 aromatic carbocycles. The molecular weight excluding hydrogens is 492 g/mol. The second kappa shape index (κ2) is 9.68. The van der Waals surface area contributed by atoms with Gasteiger partial charge in [-0.2, -0.15) is 0 Å². The summed E-state index contributed by atoms with van der Waals surface area (Å²) in [5.74, 6) is -1.36. The normalized spacial score (nSPS) is 35.2. The summed E-state index contributed by atoms with van der Waals surface area (Å²) in [6, 6.07) is 10.9. The molecule has 0 bridgehead atoms. The minimum absolute atomic E-state index is 0.0922. The molecule has 36 heavy (non-hydrogen) atoms. The first-order valence-corrected chi connectivity index (χ1v) is 17.6. The Morgan fingerprint density at radius 1 is 1.11 bits per heavy atom. The second-order valence-corrected chi connectivity index (χ2v) is 17.7. The number of sulfone groups is 1. The van der Waals surface area contributed by atoms with Gasteiger partial charge in [0.1, 0.15) is 0 Å². The standard InChI is InChI=1S/C28H42O6SSi/c1-6-10-16-23-22-17-19-26(34-36(7-2,8-3)9-4)20-18-24(29)27(22,26)28(23,25(30)33-5)35(31,32)21-14-12-11-13-15-21/h11-15,18,20,22-24,29H,6-10,16-17,19H2,1-5H3/t22-,23-,24-,26+,27-,28-/m1/s1. The number of hydrogen-bond acceptors (Lipinski definition) is 6. The first-order valence-electron chi connectivity index (χ1n) is 13.6. The van der Waals surface area contributed by atoms with E-state index in [2.05, 4.69) is 27.7 Å². The molecule has 1 N–H and O–H groups in total. The third-order valence-electron chi connectivity index (χ3n) is 9.91. The molecule has 4 rings (SSSR count). The Bertz CT molecular complexity index is 1090. The molecule has 3 aliphatic carbocycles. The van der Waals surface area contributed by atoms with Gasteiger partial charge in [-0.3, -0.25) is 4.79 Å². The van der Waals surface area contributed by atoms with E-state index in [1.165, 1.54) is 7.11 Å². The lowest BCUT2D eigenvalue weighted by Crippen LogP contribution is -2.83. The summed E-state index contributed by atoms with van der Waals surface area (Å²) in [4.78, 5) is 14.2. The number of carbonyl (C=O) groups excluding carboxylic acids is 1. The summed E-state index contributed by atoms with van der Waals surface area (Å²) in [6.45, 7) is 8.49. The maximum Gasteiger partial charge on any atom is 0.328 e. The van der Waals surface area contributed by atoms with Crippen molar-refractivity contribution in [2.75, 3.05) is 7.11 Å². The molecule has 200 valence electrons. The smallest absolute Gasteiger partial charge is 0.328 e. The van der Waals surface area contributed by atoms with Crippen molar-refractivity contribution in [1.82, 2.24) is 0 Å². The van der Waals surface area contributed by atoms with Gasteiger partial charge in [-0.05, 0) is 61.4 Å². The number of aliphatic hydroxyl groups excluding tert-OH is 1. The van der Waals surface area contributed by atoms with Crippen LogP contribution in [0.15, 0.2) is 47.4 Å². The fourth-order valence-corrected chi connectivity index (χ4v) is 14.0. The van der Waals surface area contributed by atoms with Crippen LogP contribution in [-0.4, -0.2) is 51.4 Å². The molecule has 0 aromatic heterocycles. The quantitative estimate of drug-likeness (QED) is 0.236. The highest BCUT2D eigenvalue weighted by molar-refractivity contribution is 7.93. The van der Waals surface area contributed by atoms with E-state index < -0.39 is 51.9 Å². The topological polar surface area (TPSA) is 89.9 Å². The van der Waals surface area contributed by atoms with Gasteiger partial charge in [-0.1, -0.05) is 70.9 Å². The summed E-state index contributed by atoms with van der Waals surface area (Å²) in [7, 11) is -5.25. The third kappa shape index (κ3) is 3.20. The van der Waals surface area contributed by atoms with Gasteiger partial charge in [0.2, 0.25) is 0 Å². The molecule has 0 unspecified atom stereocenters. The van der Waals surface area contributed by atoms with E-state index >= 15 is 0 Å². The van der Waals surface area contributed by atoms with Gasteiger partial charge in [-0.15, -0.1) is 0 Å². The average molecular weight is 535 g/mol. The van der Waals surface area contributed by atoms with E-state index in [1.807, 2.05) is 6.08 Å². The van der Waals surface area contributed by atoms with Gasteiger partial charge in [0.05, 0.1) is 29.1 Å².